The van der Waals surface area contributed by atoms with Crippen molar-refractivity contribution >= 4 is 0 Å². The van der Waals surface area contributed by atoms with Gasteiger partial charge in [-0.1, -0.05) is 6.42 Å². The Hall–Kier alpha value is -0.0400. The van der Waals surface area contributed by atoms with Crippen LogP contribution in [0.5, 0.6) is 0 Å². The molecule has 3 aliphatic carbocycles. The molecule has 0 unspecified atom stereocenters. The summed E-state index contributed by atoms with van der Waals surface area (Å²) in [6.07, 6.45) is 6.90. The quantitative estimate of drug-likeness (QED) is 0.561. The highest BCUT2D eigenvalue weighted by Crippen LogP contribution is 2.58. The van der Waals surface area contributed by atoms with Crippen LogP contribution in [0.2, 0.25) is 0 Å². The summed E-state index contributed by atoms with van der Waals surface area (Å²) in [5.74, 6) is 3.60. The van der Waals surface area contributed by atoms with E-state index in [1.165, 1.54) is 25.7 Å². The van der Waals surface area contributed by atoms with Crippen LogP contribution in [0.4, 0.5) is 0 Å². The maximum atomic E-state index is 9.67. The predicted octanol–water partition coefficient (Wildman–Crippen LogP) is 1.80. The normalized spacial score (nSPS) is 60.3. The van der Waals surface area contributed by atoms with Crippen molar-refractivity contribution in [3.05, 3.63) is 0 Å². The molecular formula is C10H16O. The minimum absolute atomic E-state index is 0.0827. The zero-order valence-electron chi connectivity index (χ0n) is 6.87. The third-order valence-corrected chi connectivity index (χ3v) is 4.39. The Kier molecular flexibility index (Phi) is 1.18. The van der Waals surface area contributed by atoms with E-state index in [0.29, 0.717) is 5.92 Å². The zero-order chi connectivity index (χ0) is 7.42. The van der Waals surface area contributed by atoms with Crippen LogP contribution in [0.15, 0.2) is 0 Å². The molecule has 5 atom stereocenters. The molecule has 0 amide bonds. The summed E-state index contributed by atoms with van der Waals surface area (Å²) < 4.78 is 0. The van der Waals surface area contributed by atoms with Gasteiger partial charge >= 0.3 is 0 Å². The third-order valence-electron chi connectivity index (χ3n) is 4.39. The molecule has 0 aliphatic heterocycles. The van der Waals surface area contributed by atoms with Crippen molar-refractivity contribution in [3.63, 3.8) is 0 Å². The van der Waals surface area contributed by atoms with Crippen LogP contribution in [0.3, 0.4) is 0 Å². The minimum Gasteiger partial charge on any atom is -0.393 e. The highest BCUT2D eigenvalue weighted by atomic mass is 16.3. The number of fused-ring (bicyclic) bond motifs is 5. The molecular weight excluding hydrogens is 136 g/mol. The van der Waals surface area contributed by atoms with Crippen LogP contribution in [0.25, 0.3) is 0 Å². The fraction of sp³-hybridized carbons (Fsp3) is 1.00. The monoisotopic (exact) mass is 152 g/mol. The van der Waals surface area contributed by atoms with Crippen molar-refractivity contribution in [2.75, 3.05) is 0 Å². The number of aliphatic hydroxyl groups excluding tert-OH is 1. The van der Waals surface area contributed by atoms with Crippen molar-refractivity contribution in [1.29, 1.82) is 0 Å². The standard InChI is InChI=1S/C10H16O/c11-10-5-6-4-9(10)8-3-1-2-7(6)8/h6-11H,1-5H2/t6-,7+,8+,9+,10-/m1/s1. The maximum Gasteiger partial charge on any atom is 0.0574 e. The first-order chi connectivity index (χ1) is 5.36. The molecule has 3 saturated carbocycles. The van der Waals surface area contributed by atoms with E-state index >= 15 is 0 Å². The van der Waals surface area contributed by atoms with Gasteiger partial charge in [-0.3, -0.25) is 0 Å². The SMILES string of the molecule is O[C@@H]1C[C@H]2C[C@H]1[C@H]1CCC[C@@H]21. The van der Waals surface area contributed by atoms with Gasteiger partial charge in [0.05, 0.1) is 6.10 Å². The largest absolute Gasteiger partial charge is 0.393 e. The molecule has 0 aromatic carbocycles. The van der Waals surface area contributed by atoms with E-state index in [1.54, 1.807) is 0 Å². The van der Waals surface area contributed by atoms with E-state index in [1.807, 2.05) is 0 Å². The topological polar surface area (TPSA) is 20.2 Å². The molecule has 3 rings (SSSR count). The maximum absolute atomic E-state index is 9.67. The molecule has 0 spiro atoms. The molecule has 1 N–H and O–H groups in total. The minimum atomic E-state index is 0.0827. The van der Waals surface area contributed by atoms with E-state index in [0.717, 1.165) is 24.2 Å². The lowest BCUT2D eigenvalue weighted by Gasteiger charge is -2.28. The Morgan fingerprint density at radius 1 is 0.909 bits per heavy atom. The molecule has 0 aromatic rings. The first-order valence-corrected chi connectivity index (χ1v) is 5.04. The van der Waals surface area contributed by atoms with Gasteiger partial charge in [-0.2, -0.15) is 0 Å². The van der Waals surface area contributed by atoms with Crippen LogP contribution < -0.4 is 0 Å². The Balaban J connectivity index is 1.90. The number of rotatable bonds is 0. The Morgan fingerprint density at radius 3 is 2.64 bits per heavy atom. The number of hydrogen-bond acceptors (Lipinski definition) is 1. The molecule has 0 radical (unpaired) electrons. The summed E-state index contributed by atoms with van der Waals surface area (Å²) in [6.45, 7) is 0. The van der Waals surface area contributed by atoms with Gasteiger partial charge in [-0.25, -0.2) is 0 Å². The lowest BCUT2D eigenvalue weighted by Crippen LogP contribution is -2.27. The van der Waals surface area contributed by atoms with Crippen LogP contribution in [-0.4, -0.2) is 11.2 Å². The molecule has 0 heterocycles. The lowest BCUT2D eigenvalue weighted by molar-refractivity contribution is 0.0642. The van der Waals surface area contributed by atoms with Gasteiger partial charge < -0.3 is 5.11 Å². The van der Waals surface area contributed by atoms with Crippen molar-refractivity contribution in [2.45, 2.75) is 38.2 Å². The summed E-state index contributed by atoms with van der Waals surface area (Å²) in [6, 6.07) is 0. The van der Waals surface area contributed by atoms with E-state index in [4.69, 9.17) is 0 Å². The van der Waals surface area contributed by atoms with Crippen molar-refractivity contribution < 1.29 is 5.11 Å². The van der Waals surface area contributed by atoms with Gasteiger partial charge in [-0.15, -0.1) is 0 Å². The molecule has 62 valence electrons. The molecule has 1 nitrogen and oxygen atoms in total. The van der Waals surface area contributed by atoms with Gasteiger partial charge in [0.25, 0.3) is 0 Å². The molecule has 0 saturated heterocycles. The molecule has 11 heavy (non-hydrogen) atoms. The van der Waals surface area contributed by atoms with Gasteiger partial charge in [0.15, 0.2) is 0 Å². The van der Waals surface area contributed by atoms with Gasteiger partial charge in [-0.05, 0) is 49.4 Å². The summed E-state index contributed by atoms with van der Waals surface area (Å²) in [4.78, 5) is 0. The third kappa shape index (κ3) is 0.703. The van der Waals surface area contributed by atoms with Gasteiger partial charge in [0.2, 0.25) is 0 Å². The smallest absolute Gasteiger partial charge is 0.0574 e. The zero-order valence-corrected chi connectivity index (χ0v) is 6.87. The van der Waals surface area contributed by atoms with E-state index in [-0.39, 0.29) is 6.10 Å². The molecule has 0 aromatic heterocycles. The average molecular weight is 152 g/mol. The highest BCUT2D eigenvalue weighted by Gasteiger charge is 2.53. The average Bonchev–Trinajstić information content (AvgIpc) is 2.52. The summed E-state index contributed by atoms with van der Waals surface area (Å²) in [5, 5.41) is 9.67. The Labute approximate surface area is 67.8 Å². The highest BCUT2D eigenvalue weighted by molar-refractivity contribution is 5.02. The van der Waals surface area contributed by atoms with Crippen molar-refractivity contribution in [2.24, 2.45) is 23.7 Å². The van der Waals surface area contributed by atoms with E-state index < -0.39 is 0 Å². The van der Waals surface area contributed by atoms with Gasteiger partial charge in [0, 0.05) is 0 Å². The van der Waals surface area contributed by atoms with E-state index in [2.05, 4.69) is 0 Å². The first-order valence-electron chi connectivity index (χ1n) is 5.04. The molecule has 3 fully saturated rings. The van der Waals surface area contributed by atoms with Gasteiger partial charge in [0.1, 0.15) is 0 Å². The predicted molar refractivity (Wildman–Crippen MR) is 43.1 cm³/mol. The fourth-order valence-corrected chi connectivity index (χ4v) is 4.03. The van der Waals surface area contributed by atoms with Crippen LogP contribution >= 0.6 is 0 Å². The number of aliphatic hydroxyl groups is 1. The number of hydrogen-bond donors (Lipinski definition) is 1. The van der Waals surface area contributed by atoms with E-state index in [9.17, 15) is 5.11 Å². The summed E-state index contributed by atoms with van der Waals surface area (Å²) >= 11 is 0. The van der Waals surface area contributed by atoms with Crippen LogP contribution in [-0.2, 0) is 0 Å². The van der Waals surface area contributed by atoms with Crippen molar-refractivity contribution in [3.8, 4) is 0 Å². The first kappa shape index (κ1) is 6.47. The molecule has 1 heteroatoms. The van der Waals surface area contributed by atoms with Crippen LogP contribution in [0, 0.1) is 23.7 Å². The lowest BCUT2D eigenvalue weighted by atomic mass is 9.80. The molecule has 3 aliphatic rings. The van der Waals surface area contributed by atoms with Crippen LogP contribution in [0.1, 0.15) is 32.1 Å². The second kappa shape index (κ2) is 2.01. The molecule has 2 bridgehead atoms. The second-order valence-corrected chi connectivity index (χ2v) is 4.72. The summed E-state index contributed by atoms with van der Waals surface area (Å²) in [7, 11) is 0. The van der Waals surface area contributed by atoms with Crippen molar-refractivity contribution in [1.82, 2.24) is 0 Å². The second-order valence-electron chi connectivity index (χ2n) is 4.72. The fourth-order valence-electron chi connectivity index (χ4n) is 4.03. The Morgan fingerprint density at radius 2 is 1.73 bits per heavy atom. The summed E-state index contributed by atoms with van der Waals surface area (Å²) in [5.41, 5.74) is 0. The Bertz CT molecular complexity index is 178.